The Labute approximate surface area is 100 Å². The van der Waals surface area contributed by atoms with Crippen molar-refractivity contribution in [1.29, 1.82) is 0 Å². The summed E-state index contributed by atoms with van der Waals surface area (Å²) in [6.07, 6.45) is -5.77. The topological polar surface area (TPSA) is 99.1 Å². The Hall–Kier alpha value is -1.32. The Bertz CT molecular complexity index is 378. The molecule has 0 spiro atoms. The molecule has 2 fully saturated rings. The van der Waals surface area contributed by atoms with Crippen LogP contribution in [0.2, 0.25) is 0 Å². The van der Waals surface area contributed by atoms with Gasteiger partial charge in [-0.1, -0.05) is 0 Å². The summed E-state index contributed by atoms with van der Waals surface area (Å²) in [4.78, 5) is 23.0. The Morgan fingerprint density at radius 3 is 2.67 bits per heavy atom. The number of carbonyl (C=O) groups is 2. The number of hydrogen-bond donors (Lipinski definition) is 3. The third-order valence-corrected chi connectivity index (χ3v) is 2.93. The zero-order chi connectivity index (χ0) is 13.5. The highest BCUT2D eigenvalue weighted by atomic mass is 19.3. The second-order valence-corrected chi connectivity index (χ2v) is 4.13. The van der Waals surface area contributed by atoms with Gasteiger partial charge in [0.25, 0.3) is 0 Å². The number of halogens is 2. The molecule has 0 aliphatic carbocycles. The number of amides is 3. The van der Waals surface area contributed by atoms with Gasteiger partial charge in [-0.2, -0.15) is 8.78 Å². The van der Waals surface area contributed by atoms with Crippen LogP contribution in [0.1, 0.15) is 6.42 Å². The summed E-state index contributed by atoms with van der Waals surface area (Å²) >= 11 is 0. The second-order valence-electron chi connectivity index (χ2n) is 4.13. The molecule has 0 aromatic heterocycles. The van der Waals surface area contributed by atoms with Crippen molar-refractivity contribution in [3.63, 3.8) is 0 Å². The van der Waals surface area contributed by atoms with Gasteiger partial charge in [0.15, 0.2) is 6.10 Å². The van der Waals surface area contributed by atoms with E-state index >= 15 is 0 Å². The Morgan fingerprint density at radius 1 is 1.50 bits per heavy atom. The molecular formula is C9H12F2N2O5. The lowest BCUT2D eigenvalue weighted by Gasteiger charge is -2.33. The minimum absolute atomic E-state index is 0.123. The highest BCUT2D eigenvalue weighted by Gasteiger charge is 2.61. The largest absolute Gasteiger partial charge is 0.394 e. The van der Waals surface area contributed by atoms with Crippen molar-refractivity contribution < 1.29 is 33.3 Å². The standard InChI is InChI=1S/C9H12F2N2O5/c10-9(11)6(16)4(3-14)18-7(9)13-2-1-5(15)12-8(13)17/h4,6-7,14,16H,1-3H2,(H,12,15,17)/t4-,6+,7-/m0/s1. The quantitative estimate of drug-likeness (QED) is 0.573. The third kappa shape index (κ3) is 1.93. The Kier molecular flexibility index (Phi) is 3.21. The summed E-state index contributed by atoms with van der Waals surface area (Å²) < 4.78 is 32.2. The van der Waals surface area contributed by atoms with Crippen LogP contribution < -0.4 is 5.32 Å². The third-order valence-electron chi connectivity index (χ3n) is 2.93. The van der Waals surface area contributed by atoms with Gasteiger partial charge in [0.2, 0.25) is 12.1 Å². The van der Waals surface area contributed by atoms with E-state index in [1.54, 1.807) is 0 Å². The summed E-state index contributed by atoms with van der Waals surface area (Å²) in [5, 5.41) is 20.0. The number of nitrogens with one attached hydrogen (secondary N) is 1. The molecule has 2 saturated heterocycles. The van der Waals surface area contributed by atoms with Gasteiger partial charge in [0, 0.05) is 13.0 Å². The average molecular weight is 266 g/mol. The maximum atomic E-state index is 13.7. The van der Waals surface area contributed by atoms with E-state index < -0.39 is 42.9 Å². The van der Waals surface area contributed by atoms with Crippen LogP contribution in [0.3, 0.4) is 0 Å². The average Bonchev–Trinajstić information content (AvgIpc) is 2.52. The minimum Gasteiger partial charge on any atom is -0.394 e. The molecule has 18 heavy (non-hydrogen) atoms. The predicted molar refractivity (Wildman–Crippen MR) is 51.6 cm³/mol. The van der Waals surface area contributed by atoms with Crippen molar-refractivity contribution in [3.8, 4) is 0 Å². The molecule has 7 nitrogen and oxygen atoms in total. The zero-order valence-electron chi connectivity index (χ0n) is 9.18. The molecule has 102 valence electrons. The molecule has 0 aromatic carbocycles. The number of alkyl halides is 2. The molecule has 0 bridgehead atoms. The van der Waals surface area contributed by atoms with Gasteiger partial charge in [-0.05, 0) is 0 Å². The molecular weight excluding hydrogens is 254 g/mol. The molecule has 3 N–H and O–H groups in total. The van der Waals surface area contributed by atoms with E-state index in [0.29, 0.717) is 4.90 Å². The lowest BCUT2D eigenvalue weighted by Crippen LogP contribution is -2.58. The first-order chi connectivity index (χ1) is 8.37. The lowest BCUT2D eigenvalue weighted by atomic mass is 10.1. The van der Waals surface area contributed by atoms with Crippen molar-refractivity contribution in [2.75, 3.05) is 13.2 Å². The molecule has 2 aliphatic rings. The normalized spacial score (nSPS) is 35.8. The lowest BCUT2D eigenvalue weighted by molar-refractivity contribution is -0.158. The summed E-state index contributed by atoms with van der Waals surface area (Å²) in [7, 11) is 0. The van der Waals surface area contributed by atoms with Crippen LogP contribution in [0.15, 0.2) is 0 Å². The smallest absolute Gasteiger partial charge is 0.326 e. The number of hydrogen-bond acceptors (Lipinski definition) is 5. The van der Waals surface area contributed by atoms with E-state index in [1.807, 2.05) is 5.32 Å². The van der Waals surface area contributed by atoms with Gasteiger partial charge in [0.1, 0.15) is 6.10 Å². The van der Waals surface area contributed by atoms with Crippen LogP contribution >= 0.6 is 0 Å². The fourth-order valence-electron chi connectivity index (χ4n) is 1.95. The molecule has 2 heterocycles. The Morgan fingerprint density at radius 2 is 2.17 bits per heavy atom. The van der Waals surface area contributed by atoms with Gasteiger partial charge in [-0.25, -0.2) is 4.79 Å². The molecule has 0 unspecified atom stereocenters. The van der Waals surface area contributed by atoms with E-state index in [1.165, 1.54) is 0 Å². The minimum atomic E-state index is -3.70. The maximum Gasteiger partial charge on any atom is 0.326 e. The number of nitrogens with zero attached hydrogens (tertiary/aromatic N) is 1. The number of imide groups is 1. The molecule has 0 aromatic rings. The van der Waals surface area contributed by atoms with Crippen LogP contribution in [0.5, 0.6) is 0 Å². The molecule has 3 amide bonds. The Balaban J connectivity index is 2.18. The van der Waals surface area contributed by atoms with Crippen LogP contribution in [0.25, 0.3) is 0 Å². The first-order valence-electron chi connectivity index (χ1n) is 5.30. The van der Waals surface area contributed by atoms with Crippen molar-refractivity contribution in [2.24, 2.45) is 0 Å². The molecule has 0 saturated carbocycles. The molecule has 2 aliphatic heterocycles. The van der Waals surface area contributed by atoms with E-state index in [2.05, 4.69) is 0 Å². The van der Waals surface area contributed by atoms with Gasteiger partial charge in [-0.15, -0.1) is 0 Å². The highest BCUT2D eigenvalue weighted by Crippen LogP contribution is 2.38. The molecule has 2 rings (SSSR count). The van der Waals surface area contributed by atoms with Crippen LogP contribution in [-0.2, 0) is 9.53 Å². The molecule has 0 radical (unpaired) electrons. The number of rotatable bonds is 2. The van der Waals surface area contributed by atoms with E-state index in [9.17, 15) is 23.5 Å². The summed E-state index contributed by atoms with van der Waals surface area (Å²) in [5.41, 5.74) is 0. The highest BCUT2D eigenvalue weighted by molar-refractivity contribution is 5.96. The summed E-state index contributed by atoms with van der Waals surface area (Å²) in [6, 6.07) is -0.998. The summed E-state index contributed by atoms with van der Waals surface area (Å²) in [6.45, 7) is -1.02. The van der Waals surface area contributed by atoms with E-state index in [4.69, 9.17) is 9.84 Å². The van der Waals surface area contributed by atoms with Crippen LogP contribution in [0, 0.1) is 0 Å². The van der Waals surface area contributed by atoms with Gasteiger partial charge in [0.05, 0.1) is 6.61 Å². The van der Waals surface area contributed by atoms with Crippen LogP contribution in [0.4, 0.5) is 13.6 Å². The van der Waals surface area contributed by atoms with Gasteiger partial charge in [-0.3, -0.25) is 15.0 Å². The van der Waals surface area contributed by atoms with Crippen molar-refractivity contribution in [3.05, 3.63) is 0 Å². The summed E-state index contributed by atoms with van der Waals surface area (Å²) in [5.74, 6) is -4.26. The van der Waals surface area contributed by atoms with Crippen molar-refractivity contribution >= 4 is 11.9 Å². The monoisotopic (exact) mass is 266 g/mol. The molecule has 3 atom stereocenters. The SMILES string of the molecule is O=C1CCN([C@H]2O[C@@H](CO)[C@@H](O)C2(F)F)C(=O)N1. The number of carbonyl (C=O) groups excluding carboxylic acids is 2. The van der Waals surface area contributed by atoms with Crippen molar-refractivity contribution in [1.82, 2.24) is 10.2 Å². The van der Waals surface area contributed by atoms with Crippen molar-refractivity contribution in [2.45, 2.75) is 30.8 Å². The van der Waals surface area contributed by atoms with E-state index in [0.717, 1.165) is 0 Å². The van der Waals surface area contributed by atoms with Gasteiger partial charge >= 0.3 is 12.0 Å². The zero-order valence-corrected chi connectivity index (χ0v) is 9.18. The number of ether oxygens (including phenoxy) is 1. The second kappa shape index (κ2) is 4.41. The first-order valence-corrected chi connectivity index (χ1v) is 5.30. The first kappa shape index (κ1) is 13.1. The number of aliphatic hydroxyl groups excluding tert-OH is 2. The maximum absolute atomic E-state index is 13.7. The fraction of sp³-hybridized carbons (Fsp3) is 0.778. The number of aliphatic hydroxyl groups is 2. The predicted octanol–water partition coefficient (Wildman–Crippen LogP) is -1.36. The fourth-order valence-corrected chi connectivity index (χ4v) is 1.95. The number of urea groups is 1. The van der Waals surface area contributed by atoms with Crippen LogP contribution in [-0.4, -0.2) is 64.6 Å². The van der Waals surface area contributed by atoms with E-state index in [-0.39, 0.29) is 13.0 Å². The molecule has 9 heteroatoms. The van der Waals surface area contributed by atoms with Gasteiger partial charge < -0.3 is 14.9 Å².